The number of anilines is 1. The number of esters is 1. The molecule has 0 bridgehead atoms. The Hall–Kier alpha value is -5.38. The third-order valence-corrected chi connectivity index (χ3v) is 7.17. The first-order valence-electron chi connectivity index (χ1n) is 15.8. The number of carbonyl (C=O) groups excluding carboxylic acids is 3. The van der Waals surface area contributed by atoms with Crippen LogP contribution in [0.3, 0.4) is 0 Å². The maximum absolute atomic E-state index is 14.4. The second kappa shape index (κ2) is 14.2. The Balaban J connectivity index is 1.53. The lowest BCUT2D eigenvalue weighted by Crippen LogP contribution is -2.43. The summed E-state index contributed by atoms with van der Waals surface area (Å²) >= 11 is 0. The zero-order valence-corrected chi connectivity index (χ0v) is 28.1. The van der Waals surface area contributed by atoms with Gasteiger partial charge < -0.3 is 24.3 Å². The average molecular weight is 652 g/mol. The number of nitrogens with one attached hydrogen (secondary N) is 1. The summed E-state index contributed by atoms with van der Waals surface area (Å²) in [6.07, 6.45) is 5.81. The molecular formula is C38H41N3O7. The van der Waals surface area contributed by atoms with E-state index in [2.05, 4.69) is 10.3 Å². The van der Waals surface area contributed by atoms with Crippen LogP contribution in [-0.2, 0) is 32.3 Å². The van der Waals surface area contributed by atoms with Gasteiger partial charge in [0.15, 0.2) is 0 Å². The highest BCUT2D eigenvalue weighted by atomic mass is 16.6. The lowest BCUT2D eigenvalue weighted by Gasteiger charge is -2.29. The largest absolute Gasteiger partial charge is 0.473 e. The molecule has 1 aromatic heterocycles. The molecule has 1 aliphatic heterocycles. The topological polar surface area (TPSA) is 116 Å². The molecule has 2 unspecified atom stereocenters. The van der Waals surface area contributed by atoms with Crippen LogP contribution in [0, 0.1) is 5.92 Å². The summed E-state index contributed by atoms with van der Waals surface area (Å²) < 4.78 is 23.3. The number of pyridine rings is 1. The van der Waals surface area contributed by atoms with Crippen molar-refractivity contribution in [2.24, 2.45) is 5.92 Å². The third-order valence-electron chi connectivity index (χ3n) is 7.17. The number of rotatable bonds is 9. The molecular weight excluding hydrogens is 610 g/mol. The highest BCUT2D eigenvalue weighted by molar-refractivity contribution is 6.15. The molecule has 2 aliphatic rings. The predicted molar refractivity (Wildman–Crippen MR) is 181 cm³/mol. The molecule has 0 radical (unpaired) electrons. The number of carbonyl (C=O) groups is 3. The van der Waals surface area contributed by atoms with Crippen LogP contribution in [0.2, 0.25) is 0 Å². The van der Waals surface area contributed by atoms with Gasteiger partial charge >= 0.3 is 12.1 Å². The molecule has 2 atom stereocenters. The Labute approximate surface area is 281 Å². The summed E-state index contributed by atoms with van der Waals surface area (Å²) in [4.78, 5) is 46.5. The highest BCUT2D eigenvalue weighted by Crippen LogP contribution is 2.45. The lowest BCUT2D eigenvalue weighted by molar-refractivity contribution is -0.148. The quantitative estimate of drug-likeness (QED) is 0.198. The molecule has 0 spiro atoms. The van der Waals surface area contributed by atoms with E-state index in [9.17, 15) is 14.4 Å². The van der Waals surface area contributed by atoms with Gasteiger partial charge in [-0.15, -0.1) is 0 Å². The first-order chi connectivity index (χ1) is 22.8. The van der Waals surface area contributed by atoms with Crippen molar-refractivity contribution in [3.8, 4) is 11.8 Å². The van der Waals surface area contributed by atoms with Gasteiger partial charge in [0, 0.05) is 23.4 Å². The van der Waals surface area contributed by atoms with Crippen molar-refractivity contribution in [3.63, 3.8) is 0 Å². The first-order valence-corrected chi connectivity index (χ1v) is 15.8. The van der Waals surface area contributed by atoms with Crippen LogP contribution in [0.25, 0.3) is 0 Å². The summed E-state index contributed by atoms with van der Waals surface area (Å²) in [5, 5.41) is 2.87. The van der Waals surface area contributed by atoms with Gasteiger partial charge in [-0.25, -0.2) is 9.59 Å². The Bertz CT molecular complexity index is 1740. The maximum atomic E-state index is 14.4. The second-order valence-electron chi connectivity index (χ2n) is 13.4. The molecule has 0 saturated carbocycles. The minimum Gasteiger partial charge on any atom is -0.473 e. The summed E-state index contributed by atoms with van der Waals surface area (Å²) in [7, 11) is 0. The number of nitrogens with zero attached hydrogens (tertiary/aromatic N) is 2. The third kappa shape index (κ3) is 8.70. The van der Waals surface area contributed by atoms with Gasteiger partial charge in [-0.1, -0.05) is 72.8 Å². The molecule has 5 rings (SSSR count). The molecule has 1 fully saturated rings. The minimum absolute atomic E-state index is 0.138. The number of amides is 2. The number of hydrogen-bond donors (Lipinski definition) is 1. The SMILES string of the molecule is CC(C)(C)OC(=O)/C=C1\C(=O)N(c2ccc(OCc3ccccc3)nc2OCc2ccccc2)C2=CC=CC(NC(=O)OC(C)(C)C)C21. The van der Waals surface area contributed by atoms with Crippen molar-refractivity contribution in [2.45, 2.75) is 72.0 Å². The van der Waals surface area contributed by atoms with E-state index >= 15 is 0 Å². The molecule has 10 nitrogen and oxygen atoms in total. The van der Waals surface area contributed by atoms with Crippen LogP contribution >= 0.6 is 0 Å². The Morgan fingerprint density at radius 2 is 1.44 bits per heavy atom. The van der Waals surface area contributed by atoms with Gasteiger partial charge in [0.2, 0.25) is 11.8 Å². The number of ether oxygens (including phenoxy) is 4. The smallest absolute Gasteiger partial charge is 0.408 e. The van der Waals surface area contributed by atoms with Crippen molar-refractivity contribution in [3.05, 3.63) is 119 Å². The van der Waals surface area contributed by atoms with Crippen molar-refractivity contribution >= 4 is 23.7 Å². The minimum atomic E-state index is -0.785. The van der Waals surface area contributed by atoms with E-state index in [0.717, 1.165) is 11.1 Å². The van der Waals surface area contributed by atoms with E-state index in [1.807, 2.05) is 60.7 Å². The molecule has 3 aromatic rings. The summed E-state index contributed by atoms with van der Waals surface area (Å²) in [6.45, 7) is 11.0. The normalized spacial score (nSPS) is 18.2. The first kappa shape index (κ1) is 34.0. The van der Waals surface area contributed by atoms with Crippen LogP contribution in [0.1, 0.15) is 52.7 Å². The number of aromatic nitrogens is 1. The maximum Gasteiger partial charge on any atom is 0.408 e. The second-order valence-corrected chi connectivity index (χ2v) is 13.4. The van der Waals surface area contributed by atoms with Crippen LogP contribution in [-0.4, -0.2) is 40.2 Å². The molecule has 1 N–H and O–H groups in total. The summed E-state index contributed by atoms with van der Waals surface area (Å²) in [5.41, 5.74) is 1.34. The van der Waals surface area contributed by atoms with E-state index in [1.165, 1.54) is 11.0 Å². The summed E-state index contributed by atoms with van der Waals surface area (Å²) in [6, 6.07) is 21.9. The van der Waals surface area contributed by atoms with Crippen LogP contribution in [0.15, 0.2) is 108 Å². The number of fused-ring (bicyclic) bond motifs is 1. The van der Waals surface area contributed by atoms with Crippen molar-refractivity contribution in [1.29, 1.82) is 0 Å². The molecule has 48 heavy (non-hydrogen) atoms. The predicted octanol–water partition coefficient (Wildman–Crippen LogP) is 6.82. The molecule has 2 aromatic carbocycles. The number of allylic oxidation sites excluding steroid dienone is 2. The van der Waals surface area contributed by atoms with Gasteiger partial charge in [0.25, 0.3) is 5.91 Å². The van der Waals surface area contributed by atoms with Crippen molar-refractivity contribution in [2.75, 3.05) is 4.90 Å². The van der Waals surface area contributed by atoms with Gasteiger partial charge in [0.1, 0.15) is 30.1 Å². The zero-order valence-electron chi connectivity index (χ0n) is 28.1. The number of alkyl carbamates (subject to hydrolysis) is 1. The fourth-order valence-electron chi connectivity index (χ4n) is 5.28. The molecule has 2 heterocycles. The molecule has 1 aliphatic carbocycles. The number of hydrogen-bond acceptors (Lipinski definition) is 8. The Kier molecular flexibility index (Phi) is 10.0. The monoisotopic (exact) mass is 651 g/mol. The summed E-state index contributed by atoms with van der Waals surface area (Å²) in [5.74, 6) is -1.44. The van der Waals surface area contributed by atoms with E-state index in [-0.39, 0.29) is 24.7 Å². The highest BCUT2D eigenvalue weighted by Gasteiger charge is 2.47. The standard InChI is InChI=1S/C38H41N3O7/c1-37(2,3)47-32(42)22-27-33-28(39-36(44)48-38(4,5)6)18-13-19-29(33)41(35(27)43)30-20-21-31(45-23-25-14-9-7-10-15-25)40-34(30)46-24-26-16-11-8-12-17-26/h7-22,28,33H,23-24H2,1-6H3,(H,39,44)/b27-22-. The van der Waals surface area contributed by atoms with Crippen molar-refractivity contribution in [1.82, 2.24) is 10.3 Å². The van der Waals surface area contributed by atoms with Crippen molar-refractivity contribution < 1.29 is 33.3 Å². The fourth-order valence-corrected chi connectivity index (χ4v) is 5.28. The molecule has 1 saturated heterocycles. The number of benzene rings is 2. The fraction of sp³-hybridized carbons (Fsp3) is 0.316. The molecule has 10 heteroatoms. The van der Waals surface area contributed by atoms with E-state index in [0.29, 0.717) is 17.3 Å². The van der Waals surface area contributed by atoms with E-state index in [4.69, 9.17) is 18.9 Å². The lowest BCUT2D eigenvalue weighted by atomic mass is 9.87. The zero-order chi connectivity index (χ0) is 34.5. The molecule has 250 valence electrons. The van der Waals surface area contributed by atoms with Crippen LogP contribution in [0.4, 0.5) is 10.5 Å². The van der Waals surface area contributed by atoms with E-state index < -0.39 is 41.1 Å². The van der Waals surface area contributed by atoms with Gasteiger partial charge in [-0.3, -0.25) is 9.69 Å². The van der Waals surface area contributed by atoms with Gasteiger partial charge in [-0.2, -0.15) is 4.98 Å². The molecule has 2 amide bonds. The van der Waals surface area contributed by atoms with Crippen LogP contribution in [0.5, 0.6) is 11.8 Å². The Morgan fingerprint density at radius 1 is 0.833 bits per heavy atom. The average Bonchev–Trinajstić information content (AvgIpc) is 3.29. The van der Waals surface area contributed by atoms with Gasteiger partial charge in [-0.05, 0) is 64.8 Å². The Morgan fingerprint density at radius 3 is 2.04 bits per heavy atom. The van der Waals surface area contributed by atoms with E-state index in [1.54, 1.807) is 71.9 Å². The van der Waals surface area contributed by atoms with Gasteiger partial charge in [0.05, 0.1) is 12.0 Å². The van der Waals surface area contributed by atoms with Crippen LogP contribution < -0.4 is 19.7 Å².